The molecular formula is C18H24N2O. The van der Waals surface area contributed by atoms with Crippen molar-refractivity contribution in [3.05, 3.63) is 48.0 Å². The highest BCUT2D eigenvalue weighted by Crippen LogP contribution is 2.18. The molecule has 0 spiro atoms. The van der Waals surface area contributed by atoms with Crippen LogP contribution in [0.4, 0.5) is 0 Å². The molecule has 112 valence electrons. The van der Waals surface area contributed by atoms with E-state index in [1.165, 1.54) is 16.3 Å². The summed E-state index contributed by atoms with van der Waals surface area (Å²) in [6, 6.07) is 15.7. The van der Waals surface area contributed by atoms with Gasteiger partial charge in [0.25, 0.3) is 0 Å². The van der Waals surface area contributed by atoms with Crippen molar-refractivity contribution in [1.82, 2.24) is 9.80 Å². The lowest BCUT2D eigenvalue weighted by Crippen LogP contribution is -2.51. The highest BCUT2D eigenvalue weighted by Gasteiger charge is 2.23. The molecule has 1 saturated heterocycles. The van der Waals surface area contributed by atoms with Gasteiger partial charge in [0.2, 0.25) is 0 Å². The SMILES string of the molecule is CN1CCN(Cc2ccc3ccccc3c2)CC1CCO. The van der Waals surface area contributed by atoms with Crippen LogP contribution in [0.25, 0.3) is 10.8 Å². The summed E-state index contributed by atoms with van der Waals surface area (Å²) >= 11 is 0. The van der Waals surface area contributed by atoms with E-state index in [-0.39, 0.29) is 6.61 Å². The first kappa shape index (κ1) is 14.5. The molecule has 0 radical (unpaired) electrons. The van der Waals surface area contributed by atoms with E-state index in [2.05, 4.69) is 59.3 Å². The van der Waals surface area contributed by atoms with Crippen molar-refractivity contribution in [2.24, 2.45) is 0 Å². The van der Waals surface area contributed by atoms with E-state index in [9.17, 15) is 5.11 Å². The third kappa shape index (κ3) is 3.43. The number of hydrogen-bond acceptors (Lipinski definition) is 3. The van der Waals surface area contributed by atoms with E-state index >= 15 is 0 Å². The summed E-state index contributed by atoms with van der Waals surface area (Å²) in [5, 5.41) is 11.8. The highest BCUT2D eigenvalue weighted by atomic mass is 16.3. The van der Waals surface area contributed by atoms with Gasteiger partial charge in [-0.25, -0.2) is 0 Å². The molecule has 0 amide bonds. The van der Waals surface area contributed by atoms with Crippen molar-refractivity contribution < 1.29 is 5.11 Å². The minimum atomic E-state index is 0.277. The normalized spacial score (nSPS) is 21.0. The second-order valence-electron chi connectivity index (χ2n) is 6.06. The first-order valence-corrected chi connectivity index (χ1v) is 7.77. The lowest BCUT2D eigenvalue weighted by molar-refractivity contribution is 0.0743. The van der Waals surface area contributed by atoms with Crippen LogP contribution in [0.15, 0.2) is 42.5 Å². The number of hydrogen-bond donors (Lipinski definition) is 1. The number of fused-ring (bicyclic) bond motifs is 1. The smallest absolute Gasteiger partial charge is 0.0446 e. The molecule has 1 aliphatic heterocycles. The Bertz CT molecular complexity index is 599. The van der Waals surface area contributed by atoms with Crippen molar-refractivity contribution in [1.29, 1.82) is 0 Å². The van der Waals surface area contributed by atoms with Crippen LogP contribution < -0.4 is 0 Å². The zero-order valence-corrected chi connectivity index (χ0v) is 12.7. The van der Waals surface area contributed by atoms with Crippen LogP contribution in [-0.4, -0.2) is 54.2 Å². The summed E-state index contributed by atoms with van der Waals surface area (Å²) in [5.74, 6) is 0. The van der Waals surface area contributed by atoms with E-state index in [1.54, 1.807) is 0 Å². The van der Waals surface area contributed by atoms with Crippen molar-refractivity contribution in [3.63, 3.8) is 0 Å². The van der Waals surface area contributed by atoms with Crippen LogP contribution in [0, 0.1) is 0 Å². The number of piperazine rings is 1. The van der Waals surface area contributed by atoms with Gasteiger partial charge in [-0.1, -0.05) is 36.4 Å². The molecule has 2 aromatic rings. The van der Waals surface area contributed by atoms with E-state index in [4.69, 9.17) is 0 Å². The lowest BCUT2D eigenvalue weighted by atomic mass is 10.1. The van der Waals surface area contributed by atoms with Crippen molar-refractivity contribution in [2.75, 3.05) is 33.3 Å². The Morgan fingerprint density at radius 3 is 2.71 bits per heavy atom. The molecule has 1 fully saturated rings. The topological polar surface area (TPSA) is 26.7 Å². The molecule has 3 nitrogen and oxygen atoms in total. The van der Waals surface area contributed by atoms with E-state index < -0.39 is 0 Å². The Morgan fingerprint density at radius 2 is 1.90 bits per heavy atom. The molecule has 1 N–H and O–H groups in total. The van der Waals surface area contributed by atoms with Crippen molar-refractivity contribution >= 4 is 10.8 Å². The summed E-state index contributed by atoms with van der Waals surface area (Å²) in [6.07, 6.45) is 0.866. The van der Waals surface area contributed by atoms with Crippen LogP contribution in [0.5, 0.6) is 0 Å². The largest absolute Gasteiger partial charge is 0.396 e. The first-order valence-electron chi connectivity index (χ1n) is 7.77. The zero-order chi connectivity index (χ0) is 14.7. The van der Waals surface area contributed by atoms with Crippen LogP contribution in [0.3, 0.4) is 0 Å². The monoisotopic (exact) mass is 284 g/mol. The highest BCUT2D eigenvalue weighted by molar-refractivity contribution is 5.82. The molecule has 0 aromatic heterocycles. The van der Waals surface area contributed by atoms with Crippen LogP contribution >= 0.6 is 0 Å². The maximum absolute atomic E-state index is 9.19. The maximum Gasteiger partial charge on any atom is 0.0446 e. The molecule has 0 bridgehead atoms. The predicted molar refractivity (Wildman–Crippen MR) is 87.3 cm³/mol. The molecule has 3 rings (SSSR count). The average Bonchev–Trinajstić information content (AvgIpc) is 2.51. The molecular weight excluding hydrogens is 260 g/mol. The molecule has 0 saturated carbocycles. The molecule has 2 aromatic carbocycles. The fourth-order valence-electron chi connectivity index (χ4n) is 3.21. The van der Waals surface area contributed by atoms with Crippen LogP contribution in [0.1, 0.15) is 12.0 Å². The number of benzene rings is 2. The minimum absolute atomic E-state index is 0.277. The predicted octanol–water partition coefficient (Wildman–Crippen LogP) is 2.34. The second-order valence-corrected chi connectivity index (χ2v) is 6.06. The minimum Gasteiger partial charge on any atom is -0.396 e. The number of aliphatic hydroxyl groups excluding tert-OH is 1. The third-order valence-corrected chi connectivity index (χ3v) is 4.54. The number of aliphatic hydroxyl groups is 1. The maximum atomic E-state index is 9.19. The Hall–Kier alpha value is -1.42. The molecule has 1 unspecified atom stereocenters. The standard InChI is InChI=1S/C18H24N2O/c1-19-9-10-20(14-18(19)8-11-21)13-15-6-7-16-4-2-3-5-17(16)12-15/h2-7,12,18,21H,8-11,13-14H2,1H3. The van der Waals surface area contributed by atoms with Gasteiger partial charge in [-0.05, 0) is 35.9 Å². The third-order valence-electron chi connectivity index (χ3n) is 4.54. The summed E-state index contributed by atoms with van der Waals surface area (Å²) in [6.45, 7) is 4.51. The Morgan fingerprint density at radius 1 is 1.10 bits per heavy atom. The fraction of sp³-hybridized carbons (Fsp3) is 0.444. The number of nitrogens with zero attached hydrogens (tertiary/aromatic N) is 2. The zero-order valence-electron chi connectivity index (χ0n) is 12.7. The quantitative estimate of drug-likeness (QED) is 0.933. The second kappa shape index (κ2) is 6.56. The summed E-state index contributed by atoms with van der Waals surface area (Å²) < 4.78 is 0. The fourth-order valence-corrected chi connectivity index (χ4v) is 3.21. The average molecular weight is 284 g/mol. The molecule has 21 heavy (non-hydrogen) atoms. The Balaban J connectivity index is 1.70. The summed E-state index contributed by atoms with van der Waals surface area (Å²) in [7, 11) is 2.16. The van der Waals surface area contributed by atoms with E-state index in [0.717, 1.165) is 32.6 Å². The number of rotatable bonds is 4. The molecule has 1 aliphatic rings. The Labute approximate surface area is 126 Å². The molecule has 0 aliphatic carbocycles. The van der Waals surface area contributed by atoms with Gasteiger partial charge in [-0.2, -0.15) is 0 Å². The van der Waals surface area contributed by atoms with Gasteiger partial charge in [0.15, 0.2) is 0 Å². The van der Waals surface area contributed by atoms with Gasteiger partial charge in [0.05, 0.1) is 0 Å². The van der Waals surface area contributed by atoms with Crippen LogP contribution in [-0.2, 0) is 6.54 Å². The van der Waals surface area contributed by atoms with Crippen molar-refractivity contribution in [3.8, 4) is 0 Å². The van der Waals surface area contributed by atoms with Gasteiger partial charge in [0.1, 0.15) is 0 Å². The van der Waals surface area contributed by atoms with E-state index in [0.29, 0.717) is 6.04 Å². The lowest BCUT2D eigenvalue weighted by Gasteiger charge is -2.39. The van der Waals surface area contributed by atoms with Crippen LogP contribution in [0.2, 0.25) is 0 Å². The molecule has 1 heterocycles. The molecule has 3 heteroatoms. The van der Waals surface area contributed by atoms with Gasteiger partial charge in [-0.3, -0.25) is 4.90 Å². The van der Waals surface area contributed by atoms with Gasteiger partial charge in [-0.15, -0.1) is 0 Å². The van der Waals surface area contributed by atoms with E-state index in [1.807, 2.05) is 0 Å². The van der Waals surface area contributed by atoms with Gasteiger partial charge in [0, 0.05) is 38.8 Å². The number of likely N-dealkylation sites (N-methyl/N-ethyl adjacent to an activating group) is 1. The van der Waals surface area contributed by atoms with Crippen molar-refractivity contribution in [2.45, 2.75) is 19.0 Å². The van der Waals surface area contributed by atoms with Gasteiger partial charge < -0.3 is 10.0 Å². The Kier molecular flexibility index (Phi) is 4.54. The first-order chi connectivity index (χ1) is 10.3. The summed E-state index contributed by atoms with van der Waals surface area (Å²) in [4.78, 5) is 4.87. The summed E-state index contributed by atoms with van der Waals surface area (Å²) in [5.41, 5.74) is 1.38. The van der Waals surface area contributed by atoms with Gasteiger partial charge >= 0.3 is 0 Å². The molecule has 1 atom stereocenters.